The molecule has 6 nitrogen and oxygen atoms in total. The normalized spacial score (nSPS) is 15.2. The molecule has 2 heterocycles. The van der Waals surface area contributed by atoms with Crippen LogP contribution in [0.25, 0.3) is 5.69 Å². The van der Waals surface area contributed by atoms with E-state index in [2.05, 4.69) is 10.4 Å². The van der Waals surface area contributed by atoms with E-state index in [4.69, 9.17) is 0 Å². The van der Waals surface area contributed by atoms with Crippen LogP contribution in [0.2, 0.25) is 0 Å². The molecule has 0 aliphatic carbocycles. The van der Waals surface area contributed by atoms with Crippen molar-refractivity contribution < 1.29 is 9.59 Å². The van der Waals surface area contributed by atoms with Gasteiger partial charge in [-0.15, -0.1) is 0 Å². The van der Waals surface area contributed by atoms with Gasteiger partial charge < -0.3 is 10.2 Å². The molecule has 0 unspecified atom stereocenters. The van der Waals surface area contributed by atoms with Crippen LogP contribution in [0.3, 0.4) is 0 Å². The monoisotopic (exact) mass is 340 g/mol. The number of hydrogen-bond donors (Lipinski definition) is 1. The molecule has 25 heavy (non-hydrogen) atoms. The van der Waals surface area contributed by atoms with Crippen LogP contribution in [0.4, 0.5) is 0 Å². The predicted octanol–water partition coefficient (Wildman–Crippen LogP) is 1.79. The minimum absolute atomic E-state index is 0.0163. The zero-order valence-corrected chi connectivity index (χ0v) is 14.5. The maximum Gasteiger partial charge on any atom is 0.223 e. The van der Waals surface area contributed by atoms with Crippen molar-refractivity contribution in [2.75, 3.05) is 19.6 Å². The Labute approximate surface area is 147 Å². The fourth-order valence-electron chi connectivity index (χ4n) is 3.14. The zero-order chi connectivity index (χ0) is 17.6. The van der Waals surface area contributed by atoms with E-state index in [1.54, 1.807) is 6.92 Å². The number of amides is 2. The van der Waals surface area contributed by atoms with Gasteiger partial charge >= 0.3 is 0 Å². The summed E-state index contributed by atoms with van der Waals surface area (Å²) in [6, 6.07) is 9.95. The summed E-state index contributed by atoms with van der Waals surface area (Å²) in [5.74, 6) is 0.204. The lowest BCUT2D eigenvalue weighted by Crippen LogP contribution is -2.42. The van der Waals surface area contributed by atoms with Crippen LogP contribution in [-0.4, -0.2) is 46.1 Å². The molecule has 3 rings (SSSR count). The molecule has 1 aromatic heterocycles. The van der Waals surface area contributed by atoms with Crippen molar-refractivity contribution in [3.8, 4) is 5.69 Å². The maximum absolute atomic E-state index is 12.3. The Kier molecular flexibility index (Phi) is 5.48. The predicted molar refractivity (Wildman–Crippen MR) is 95.3 cm³/mol. The fourth-order valence-corrected chi connectivity index (χ4v) is 3.14. The summed E-state index contributed by atoms with van der Waals surface area (Å²) in [6.07, 6.45) is 6.08. The molecule has 1 aliphatic heterocycles. The van der Waals surface area contributed by atoms with Gasteiger partial charge in [-0.1, -0.05) is 18.2 Å². The van der Waals surface area contributed by atoms with Crippen LogP contribution in [-0.2, 0) is 16.0 Å². The number of aromatic nitrogens is 2. The van der Waals surface area contributed by atoms with Crippen molar-refractivity contribution >= 4 is 11.8 Å². The number of likely N-dealkylation sites (tertiary alicyclic amines) is 1. The molecule has 132 valence electrons. The maximum atomic E-state index is 12.3. The number of para-hydroxylation sites is 1. The van der Waals surface area contributed by atoms with Crippen molar-refractivity contribution in [3.05, 3.63) is 48.3 Å². The van der Waals surface area contributed by atoms with E-state index in [0.29, 0.717) is 19.6 Å². The highest BCUT2D eigenvalue weighted by Crippen LogP contribution is 2.17. The summed E-state index contributed by atoms with van der Waals surface area (Å²) in [5, 5.41) is 7.38. The molecule has 0 atom stereocenters. The molecule has 6 heteroatoms. The molecule has 0 saturated carbocycles. The van der Waals surface area contributed by atoms with Crippen LogP contribution in [0.15, 0.2) is 42.7 Å². The first-order chi connectivity index (χ1) is 12.1. The number of carbonyl (C=O) groups excluding carboxylic acids is 2. The van der Waals surface area contributed by atoms with Gasteiger partial charge in [0, 0.05) is 38.7 Å². The smallest absolute Gasteiger partial charge is 0.223 e. The van der Waals surface area contributed by atoms with Gasteiger partial charge in [0.25, 0.3) is 0 Å². The fraction of sp³-hybridized carbons (Fsp3) is 0.421. The van der Waals surface area contributed by atoms with Gasteiger partial charge in [-0.25, -0.2) is 4.68 Å². The molecule has 2 amide bonds. The standard InChI is InChI=1S/C19H24N4O2/c1-15(24)22-11-8-17(9-12-22)19(25)20-10-7-16-13-21-23(14-16)18-5-3-2-4-6-18/h2-6,13-14,17H,7-12H2,1H3,(H,20,25). The first-order valence-electron chi connectivity index (χ1n) is 8.75. The Morgan fingerprint density at radius 1 is 1.20 bits per heavy atom. The van der Waals surface area contributed by atoms with Crippen molar-refractivity contribution in [2.24, 2.45) is 5.92 Å². The Bertz CT molecular complexity index is 718. The van der Waals surface area contributed by atoms with Crippen LogP contribution in [0, 0.1) is 5.92 Å². The minimum atomic E-state index is 0.0163. The summed E-state index contributed by atoms with van der Waals surface area (Å²) >= 11 is 0. The van der Waals surface area contributed by atoms with Crippen molar-refractivity contribution in [1.29, 1.82) is 0 Å². The number of benzene rings is 1. The Morgan fingerprint density at radius 2 is 1.92 bits per heavy atom. The second-order valence-electron chi connectivity index (χ2n) is 6.45. The average Bonchev–Trinajstić information content (AvgIpc) is 3.11. The zero-order valence-electron chi connectivity index (χ0n) is 14.5. The molecular weight excluding hydrogens is 316 g/mol. The molecule has 0 spiro atoms. The van der Waals surface area contributed by atoms with Gasteiger partial charge in [0.1, 0.15) is 0 Å². The van der Waals surface area contributed by atoms with Gasteiger partial charge in [-0.2, -0.15) is 5.10 Å². The van der Waals surface area contributed by atoms with Crippen molar-refractivity contribution in [2.45, 2.75) is 26.2 Å². The molecule has 1 saturated heterocycles. The highest BCUT2D eigenvalue weighted by molar-refractivity contribution is 5.79. The summed E-state index contributed by atoms with van der Waals surface area (Å²) in [6.45, 7) is 3.54. The third kappa shape index (κ3) is 4.47. The lowest BCUT2D eigenvalue weighted by Gasteiger charge is -2.30. The number of nitrogens with zero attached hydrogens (tertiary/aromatic N) is 3. The SMILES string of the molecule is CC(=O)N1CCC(C(=O)NCCc2cnn(-c3ccccc3)c2)CC1. The third-order valence-corrected chi connectivity index (χ3v) is 4.68. The van der Waals surface area contributed by atoms with Crippen molar-refractivity contribution in [3.63, 3.8) is 0 Å². The summed E-state index contributed by atoms with van der Waals surface area (Å²) in [5.41, 5.74) is 2.12. The molecule has 1 aliphatic rings. The topological polar surface area (TPSA) is 67.2 Å². The average molecular weight is 340 g/mol. The van der Waals surface area contributed by atoms with Gasteiger partial charge in [-0.3, -0.25) is 9.59 Å². The molecule has 0 radical (unpaired) electrons. The van der Waals surface area contributed by atoms with Gasteiger partial charge in [0.15, 0.2) is 0 Å². The summed E-state index contributed by atoms with van der Waals surface area (Å²) in [4.78, 5) is 25.4. The second kappa shape index (κ2) is 7.96. The Balaban J connectivity index is 1.43. The third-order valence-electron chi connectivity index (χ3n) is 4.68. The van der Waals surface area contributed by atoms with Crippen molar-refractivity contribution in [1.82, 2.24) is 20.0 Å². The first-order valence-corrected chi connectivity index (χ1v) is 8.75. The highest BCUT2D eigenvalue weighted by Gasteiger charge is 2.25. The van der Waals surface area contributed by atoms with E-state index in [0.717, 1.165) is 30.5 Å². The summed E-state index contributed by atoms with van der Waals surface area (Å²) < 4.78 is 1.84. The van der Waals surface area contributed by atoms with E-state index < -0.39 is 0 Å². The van der Waals surface area contributed by atoms with E-state index in [1.807, 2.05) is 52.3 Å². The largest absolute Gasteiger partial charge is 0.356 e. The summed E-state index contributed by atoms with van der Waals surface area (Å²) in [7, 11) is 0. The van der Waals surface area contributed by atoms with Crippen LogP contribution >= 0.6 is 0 Å². The Morgan fingerprint density at radius 3 is 2.60 bits per heavy atom. The van der Waals surface area contributed by atoms with Crippen LogP contribution in [0.1, 0.15) is 25.3 Å². The number of rotatable bonds is 5. The minimum Gasteiger partial charge on any atom is -0.356 e. The molecule has 1 fully saturated rings. The Hall–Kier alpha value is -2.63. The molecular formula is C19H24N4O2. The van der Waals surface area contributed by atoms with Crippen LogP contribution < -0.4 is 5.32 Å². The van der Waals surface area contributed by atoms with E-state index in [-0.39, 0.29) is 17.7 Å². The highest BCUT2D eigenvalue weighted by atomic mass is 16.2. The molecule has 1 N–H and O–H groups in total. The van der Waals surface area contributed by atoms with E-state index in [1.165, 1.54) is 0 Å². The van der Waals surface area contributed by atoms with Gasteiger partial charge in [-0.05, 0) is 37.0 Å². The second-order valence-corrected chi connectivity index (χ2v) is 6.45. The number of piperidine rings is 1. The number of carbonyl (C=O) groups is 2. The van der Waals surface area contributed by atoms with Gasteiger partial charge in [0.2, 0.25) is 11.8 Å². The van der Waals surface area contributed by atoms with Crippen LogP contribution in [0.5, 0.6) is 0 Å². The number of hydrogen-bond acceptors (Lipinski definition) is 3. The lowest BCUT2D eigenvalue weighted by atomic mass is 9.96. The first kappa shape index (κ1) is 17.2. The van der Waals surface area contributed by atoms with E-state index >= 15 is 0 Å². The molecule has 2 aromatic rings. The molecule has 0 bridgehead atoms. The molecule has 1 aromatic carbocycles. The lowest BCUT2D eigenvalue weighted by molar-refractivity contribution is -0.133. The van der Waals surface area contributed by atoms with E-state index in [9.17, 15) is 9.59 Å². The quantitative estimate of drug-likeness (QED) is 0.902. The number of nitrogens with one attached hydrogen (secondary N) is 1. The van der Waals surface area contributed by atoms with Gasteiger partial charge in [0.05, 0.1) is 11.9 Å².